The maximum atomic E-state index is 4.52. The van der Waals surface area contributed by atoms with Gasteiger partial charge in [0, 0.05) is 31.4 Å². The standard InChI is InChI=1S/C14H26N4/c1-4-14-12(11-18(3)16-14)10-17(2)13-6-5-8-15-9-7-13/h11,13,15H,4-10H2,1-3H3. The molecular formula is C14H26N4. The van der Waals surface area contributed by atoms with Gasteiger partial charge in [0.05, 0.1) is 5.69 Å². The van der Waals surface area contributed by atoms with E-state index >= 15 is 0 Å². The monoisotopic (exact) mass is 250 g/mol. The van der Waals surface area contributed by atoms with Crippen molar-refractivity contribution in [3.63, 3.8) is 0 Å². The summed E-state index contributed by atoms with van der Waals surface area (Å²) in [5.74, 6) is 0. The molecule has 1 fully saturated rings. The Balaban J connectivity index is 1.98. The van der Waals surface area contributed by atoms with Crippen LogP contribution in [0, 0.1) is 0 Å². The zero-order valence-corrected chi connectivity index (χ0v) is 11.9. The summed E-state index contributed by atoms with van der Waals surface area (Å²) in [5, 5.41) is 8.00. The van der Waals surface area contributed by atoms with Crippen molar-refractivity contribution in [2.45, 2.75) is 45.2 Å². The second-order valence-electron chi connectivity index (χ2n) is 5.38. The molecule has 2 heterocycles. The summed E-state index contributed by atoms with van der Waals surface area (Å²) in [6.07, 6.45) is 7.06. The lowest BCUT2D eigenvalue weighted by Gasteiger charge is -2.26. The lowest BCUT2D eigenvalue weighted by atomic mass is 10.1. The van der Waals surface area contributed by atoms with Crippen LogP contribution in [0.4, 0.5) is 0 Å². The van der Waals surface area contributed by atoms with E-state index in [-0.39, 0.29) is 0 Å². The lowest BCUT2D eigenvalue weighted by Crippen LogP contribution is -2.32. The third-order valence-electron chi connectivity index (χ3n) is 3.92. The van der Waals surface area contributed by atoms with Crippen LogP contribution in [0.15, 0.2) is 6.20 Å². The molecule has 1 aliphatic rings. The smallest absolute Gasteiger partial charge is 0.0666 e. The van der Waals surface area contributed by atoms with Crippen molar-refractivity contribution in [1.29, 1.82) is 0 Å². The average Bonchev–Trinajstić information content (AvgIpc) is 2.58. The molecular weight excluding hydrogens is 224 g/mol. The van der Waals surface area contributed by atoms with Gasteiger partial charge in [-0.05, 0) is 45.8 Å². The maximum Gasteiger partial charge on any atom is 0.0666 e. The number of nitrogens with one attached hydrogen (secondary N) is 1. The molecule has 4 nitrogen and oxygen atoms in total. The summed E-state index contributed by atoms with van der Waals surface area (Å²) in [4.78, 5) is 2.50. The zero-order valence-electron chi connectivity index (χ0n) is 11.9. The van der Waals surface area contributed by atoms with Crippen LogP contribution < -0.4 is 5.32 Å². The fourth-order valence-electron chi connectivity index (χ4n) is 2.85. The number of hydrogen-bond acceptors (Lipinski definition) is 3. The van der Waals surface area contributed by atoms with Crippen LogP contribution in [0.25, 0.3) is 0 Å². The van der Waals surface area contributed by atoms with Crippen LogP contribution in [0.5, 0.6) is 0 Å². The van der Waals surface area contributed by atoms with Gasteiger partial charge in [-0.3, -0.25) is 9.58 Å². The molecule has 1 unspecified atom stereocenters. The first kappa shape index (κ1) is 13.6. The third-order valence-corrected chi connectivity index (χ3v) is 3.92. The van der Waals surface area contributed by atoms with E-state index in [1.165, 1.54) is 37.1 Å². The van der Waals surface area contributed by atoms with E-state index in [1.807, 2.05) is 11.7 Å². The fraction of sp³-hybridized carbons (Fsp3) is 0.786. The van der Waals surface area contributed by atoms with Gasteiger partial charge in [0.2, 0.25) is 0 Å². The van der Waals surface area contributed by atoms with Gasteiger partial charge in [-0.25, -0.2) is 0 Å². The fourth-order valence-corrected chi connectivity index (χ4v) is 2.85. The van der Waals surface area contributed by atoms with Crippen LogP contribution in [0.2, 0.25) is 0 Å². The number of aromatic nitrogens is 2. The largest absolute Gasteiger partial charge is 0.317 e. The first-order valence-electron chi connectivity index (χ1n) is 7.13. The number of aryl methyl sites for hydroxylation is 2. The molecule has 0 aliphatic carbocycles. The van der Waals surface area contributed by atoms with Crippen molar-refractivity contribution in [3.05, 3.63) is 17.5 Å². The van der Waals surface area contributed by atoms with E-state index in [2.05, 4.69) is 35.5 Å². The highest BCUT2D eigenvalue weighted by Crippen LogP contribution is 2.16. The molecule has 0 amide bonds. The van der Waals surface area contributed by atoms with Crippen molar-refractivity contribution >= 4 is 0 Å². The van der Waals surface area contributed by atoms with Gasteiger partial charge >= 0.3 is 0 Å². The Hall–Kier alpha value is -0.870. The highest BCUT2D eigenvalue weighted by molar-refractivity contribution is 5.16. The molecule has 1 aromatic rings. The quantitative estimate of drug-likeness (QED) is 0.880. The minimum Gasteiger partial charge on any atom is -0.317 e. The molecule has 0 radical (unpaired) electrons. The summed E-state index contributed by atoms with van der Waals surface area (Å²) in [6, 6.07) is 0.713. The SMILES string of the molecule is CCc1nn(C)cc1CN(C)C1CCCNCC1. The van der Waals surface area contributed by atoms with Crippen LogP contribution in [-0.4, -0.2) is 40.9 Å². The number of nitrogens with zero attached hydrogens (tertiary/aromatic N) is 3. The van der Waals surface area contributed by atoms with Gasteiger partial charge in [0.1, 0.15) is 0 Å². The zero-order chi connectivity index (χ0) is 13.0. The predicted octanol–water partition coefficient (Wildman–Crippen LogP) is 1.56. The van der Waals surface area contributed by atoms with Crippen LogP contribution >= 0.6 is 0 Å². The summed E-state index contributed by atoms with van der Waals surface area (Å²) < 4.78 is 1.94. The Morgan fingerprint density at radius 2 is 2.28 bits per heavy atom. The molecule has 102 valence electrons. The Bertz CT molecular complexity index is 364. The molecule has 2 rings (SSSR count). The van der Waals surface area contributed by atoms with Gasteiger partial charge in [-0.1, -0.05) is 6.92 Å². The van der Waals surface area contributed by atoms with Crippen molar-refractivity contribution in [1.82, 2.24) is 20.0 Å². The maximum absolute atomic E-state index is 4.52. The van der Waals surface area contributed by atoms with E-state index in [1.54, 1.807) is 0 Å². The van der Waals surface area contributed by atoms with Crippen molar-refractivity contribution < 1.29 is 0 Å². The molecule has 1 N–H and O–H groups in total. The average molecular weight is 250 g/mol. The van der Waals surface area contributed by atoms with Crippen LogP contribution in [-0.2, 0) is 20.0 Å². The predicted molar refractivity (Wildman–Crippen MR) is 74.6 cm³/mol. The second-order valence-corrected chi connectivity index (χ2v) is 5.38. The van der Waals surface area contributed by atoms with E-state index in [0.717, 1.165) is 19.5 Å². The van der Waals surface area contributed by atoms with Gasteiger partial charge in [0.15, 0.2) is 0 Å². The molecule has 1 aromatic heterocycles. The molecule has 0 bridgehead atoms. The molecule has 0 saturated carbocycles. The Kier molecular flexibility index (Phi) is 4.78. The molecule has 1 aliphatic heterocycles. The highest BCUT2D eigenvalue weighted by atomic mass is 15.3. The van der Waals surface area contributed by atoms with E-state index in [0.29, 0.717) is 6.04 Å². The van der Waals surface area contributed by atoms with Gasteiger partial charge < -0.3 is 5.32 Å². The summed E-state index contributed by atoms with van der Waals surface area (Å²) in [6.45, 7) is 5.54. The molecule has 18 heavy (non-hydrogen) atoms. The van der Waals surface area contributed by atoms with Gasteiger partial charge in [0.25, 0.3) is 0 Å². The normalized spacial score (nSPS) is 21.2. The topological polar surface area (TPSA) is 33.1 Å². The molecule has 1 saturated heterocycles. The van der Waals surface area contributed by atoms with Crippen LogP contribution in [0.1, 0.15) is 37.4 Å². The van der Waals surface area contributed by atoms with Crippen LogP contribution in [0.3, 0.4) is 0 Å². The third kappa shape index (κ3) is 3.33. The first-order valence-corrected chi connectivity index (χ1v) is 7.13. The highest BCUT2D eigenvalue weighted by Gasteiger charge is 2.18. The molecule has 1 atom stereocenters. The van der Waals surface area contributed by atoms with E-state index in [9.17, 15) is 0 Å². The number of rotatable bonds is 4. The molecule has 0 spiro atoms. The van der Waals surface area contributed by atoms with Gasteiger partial charge in [-0.2, -0.15) is 5.10 Å². The minimum atomic E-state index is 0.713. The minimum absolute atomic E-state index is 0.713. The molecule has 0 aromatic carbocycles. The van der Waals surface area contributed by atoms with E-state index < -0.39 is 0 Å². The second kappa shape index (κ2) is 6.34. The first-order chi connectivity index (χ1) is 8.70. The Morgan fingerprint density at radius 1 is 1.44 bits per heavy atom. The number of hydrogen-bond donors (Lipinski definition) is 1. The van der Waals surface area contributed by atoms with E-state index in [4.69, 9.17) is 0 Å². The van der Waals surface area contributed by atoms with Crippen molar-refractivity contribution in [2.24, 2.45) is 7.05 Å². The summed E-state index contributed by atoms with van der Waals surface area (Å²) in [5.41, 5.74) is 2.64. The Morgan fingerprint density at radius 3 is 3.06 bits per heavy atom. The van der Waals surface area contributed by atoms with Crippen molar-refractivity contribution in [3.8, 4) is 0 Å². The van der Waals surface area contributed by atoms with Gasteiger partial charge in [-0.15, -0.1) is 0 Å². The summed E-state index contributed by atoms with van der Waals surface area (Å²) >= 11 is 0. The summed E-state index contributed by atoms with van der Waals surface area (Å²) in [7, 11) is 4.26. The molecule has 4 heteroatoms. The Labute approximate surface area is 110 Å². The lowest BCUT2D eigenvalue weighted by molar-refractivity contribution is 0.216. The van der Waals surface area contributed by atoms with Crippen molar-refractivity contribution in [2.75, 3.05) is 20.1 Å².